The van der Waals surface area contributed by atoms with Crippen LogP contribution in [-0.2, 0) is 11.3 Å². The maximum absolute atomic E-state index is 12.1. The number of nitrogens with zero attached hydrogens (tertiary/aromatic N) is 1. The summed E-state index contributed by atoms with van der Waals surface area (Å²) in [5.41, 5.74) is 1.74. The molecule has 120 valence electrons. The highest BCUT2D eigenvalue weighted by Crippen LogP contribution is 2.32. The van der Waals surface area contributed by atoms with Gasteiger partial charge in [0.2, 0.25) is 0 Å². The Labute approximate surface area is 139 Å². The highest BCUT2D eigenvalue weighted by Gasteiger charge is 2.25. The Morgan fingerprint density at radius 2 is 2.00 bits per heavy atom. The fourth-order valence-corrected chi connectivity index (χ4v) is 3.83. The summed E-state index contributed by atoms with van der Waals surface area (Å²) in [6.45, 7) is 1.71. The SMILES string of the molecule is O=Cc1csc(C2CCN(C(=O)OCc3ccccc3)CC2)c1. The lowest BCUT2D eigenvalue weighted by Gasteiger charge is -2.30. The van der Waals surface area contributed by atoms with E-state index < -0.39 is 0 Å². The molecule has 1 aliphatic heterocycles. The van der Waals surface area contributed by atoms with Gasteiger partial charge in [-0.05, 0) is 30.4 Å². The number of likely N-dealkylation sites (tertiary alicyclic amines) is 1. The summed E-state index contributed by atoms with van der Waals surface area (Å²) in [6, 6.07) is 11.7. The molecule has 0 radical (unpaired) electrons. The first-order valence-corrected chi connectivity index (χ1v) is 8.63. The summed E-state index contributed by atoms with van der Waals surface area (Å²) in [7, 11) is 0. The number of benzene rings is 1. The Morgan fingerprint density at radius 1 is 1.26 bits per heavy atom. The number of hydrogen-bond acceptors (Lipinski definition) is 4. The average Bonchev–Trinajstić information content (AvgIpc) is 3.10. The van der Waals surface area contributed by atoms with Gasteiger partial charge in [0.15, 0.2) is 6.29 Å². The molecule has 23 heavy (non-hydrogen) atoms. The summed E-state index contributed by atoms with van der Waals surface area (Å²) < 4.78 is 5.37. The van der Waals surface area contributed by atoms with Crippen LogP contribution >= 0.6 is 11.3 Å². The van der Waals surface area contributed by atoms with Crippen LogP contribution in [0.4, 0.5) is 4.79 Å². The average molecular weight is 329 g/mol. The van der Waals surface area contributed by atoms with Gasteiger partial charge in [-0.3, -0.25) is 4.79 Å². The standard InChI is InChI=1S/C18H19NO3S/c20-11-15-10-17(23-13-15)16-6-8-19(9-7-16)18(21)22-12-14-4-2-1-3-5-14/h1-5,10-11,13,16H,6-9,12H2. The quantitative estimate of drug-likeness (QED) is 0.794. The van der Waals surface area contributed by atoms with E-state index >= 15 is 0 Å². The topological polar surface area (TPSA) is 46.6 Å². The molecule has 0 N–H and O–H groups in total. The number of aldehydes is 1. The van der Waals surface area contributed by atoms with Crippen LogP contribution in [-0.4, -0.2) is 30.4 Å². The van der Waals surface area contributed by atoms with Gasteiger partial charge in [0.05, 0.1) is 0 Å². The summed E-state index contributed by atoms with van der Waals surface area (Å²) in [5, 5.41) is 1.89. The number of amides is 1. The van der Waals surface area contributed by atoms with E-state index in [1.807, 2.05) is 41.8 Å². The first-order chi connectivity index (χ1) is 11.3. The molecule has 2 aromatic rings. The van der Waals surface area contributed by atoms with Crippen LogP contribution in [0.25, 0.3) is 0 Å². The van der Waals surface area contributed by atoms with Crippen LogP contribution in [0.15, 0.2) is 41.8 Å². The molecule has 3 rings (SSSR count). The highest BCUT2D eigenvalue weighted by molar-refractivity contribution is 7.10. The van der Waals surface area contributed by atoms with Crippen molar-refractivity contribution in [3.05, 3.63) is 57.8 Å². The highest BCUT2D eigenvalue weighted by atomic mass is 32.1. The molecule has 0 saturated carbocycles. The number of thiophene rings is 1. The lowest BCUT2D eigenvalue weighted by molar-refractivity contribution is 0.0872. The van der Waals surface area contributed by atoms with Crippen molar-refractivity contribution in [3.63, 3.8) is 0 Å². The number of hydrogen-bond donors (Lipinski definition) is 0. The van der Waals surface area contributed by atoms with E-state index in [4.69, 9.17) is 4.74 Å². The smallest absolute Gasteiger partial charge is 0.410 e. The summed E-state index contributed by atoms with van der Waals surface area (Å²) in [4.78, 5) is 25.9. The van der Waals surface area contributed by atoms with Crippen molar-refractivity contribution in [2.75, 3.05) is 13.1 Å². The Bertz CT molecular complexity index is 660. The van der Waals surface area contributed by atoms with E-state index in [-0.39, 0.29) is 6.09 Å². The number of piperidine rings is 1. The van der Waals surface area contributed by atoms with Crippen LogP contribution in [0.3, 0.4) is 0 Å². The van der Waals surface area contributed by atoms with Crippen LogP contribution in [0, 0.1) is 0 Å². The molecule has 5 heteroatoms. The van der Waals surface area contributed by atoms with Crippen molar-refractivity contribution in [2.24, 2.45) is 0 Å². The Morgan fingerprint density at radius 3 is 2.65 bits per heavy atom. The van der Waals surface area contributed by atoms with E-state index in [2.05, 4.69) is 0 Å². The zero-order valence-electron chi connectivity index (χ0n) is 12.8. The second kappa shape index (κ2) is 7.42. The first-order valence-electron chi connectivity index (χ1n) is 7.75. The minimum atomic E-state index is -0.243. The molecular formula is C18H19NO3S. The molecule has 1 aliphatic rings. The molecular weight excluding hydrogens is 310 g/mol. The van der Waals surface area contributed by atoms with E-state index in [1.54, 1.807) is 16.2 Å². The number of rotatable bonds is 4. The lowest BCUT2D eigenvalue weighted by atomic mass is 9.95. The Kier molecular flexibility index (Phi) is 5.08. The van der Waals surface area contributed by atoms with Gasteiger partial charge in [0.25, 0.3) is 0 Å². The van der Waals surface area contributed by atoms with Gasteiger partial charge in [0, 0.05) is 28.9 Å². The summed E-state index contributed by atoms with van der Waals surface area (Å²) in [5.74, 6) is 0.437. The van der Waals surface area contributed by atoms with Gasteiger partial charge in [-0.25, -0.2) is 4.79 Å². The predicted octanol–water partition coefficient (Wildman–Crippen LogP) is 4.08. The fourth-order valence-electron chi connectivity index (χ4n) is 2.80. The van der Waals surface area contributed by atoms with Gasteiger partial charge >= 0.3 is 6.09 Å². The molecule has 0 unspecified atom stereocenters. The largest absolute Gasteiger partial charge is 0.445 e. The second-order valence-electron chi connectivity index (χ2n) is 5.70. The Balaban J connectivity index is 1.48. The van der Waals surface area contributed by atoms with Gasteiger partial charge in [-0.15, -0.1) is 11.3 Å². The minimum Gasteiger partial charge on any atom is -0.445 e. The molecule has 0 spiro atoms. The van der Waals surface area contributed by atoms with Crippen molar-refractivity contribution < 1.29 is 14.3 Å². The van der Waals surface area contributed by atoms with Gasteiger partial charge < -0.3 is 9.64 Å². The van der Waals surface area contributed by atoms with E-state index in [0.29, 0.717) is 25.6 Å². The summed E-state index contributed by atoms with van der Waals surface area (Å²) >= 11 is 1.63. The van der Waals surface area contributed by atoms with Crippen LogP contribution < -0.4 is 0 Å². The molecule has 1 fully saturated rings. The zero-order valence-corrected chi connectivity index (χ0v) is 13.6. The van der Waals surface area contributed by atoms with Crippen molar-refractivity contribution >= 4 is 23.7 Å². The first kappa shape index (κ1) is 15.7. The van der Waals surface area contributed by atoms with Crippen molar-refractivity contribution in [2.45, 2.75) is 25.4 Å². The maximum atomic E-state index is 12.1. The second-order valence-corrected chi connectivity index (χ2v) is 6.64. The molecule has 1 amide bonds. The molecule has 0 atom stereocenters. The molecule has 1 aromatic heterocycles. The van der Waals surface area contributed by atoms with Crippen LogP contribution in [0.1, 0.15) is 39.6 Å². The summed E-state index contributed by atoms with van der Waals surface area (Å²) in [6.07, 6.45) is 2.47. The van der Waals surface area contributed by atoms with E-state index in [9.17, 15) is 9.59 Å². The third-order valence-corrected chi connectivity index (χ3v) is 5.25. The van der Waals surface area contributed by atoms with Gasteiger partial charge in [-0.1, -0.05) is 30.3 Å². The predicted molar refractivity (Wildman–Crippen MR) is 89.9 cm³/mol. The molecule has 0 aliphatic carbocycles. The van der Waals surface area contributed by atoms with Crippen LogP contribution in [0.2, 0.25) is 0 Å². The van der Waals surface area contributed by atoms with Crippen LogP contribution in [0.5, 0.6) is 0 Å². The molecule has 1 aromatic carbocycles. The van der Waals surface area contributed by atoms with Crippen molar-refractivity contribution in [1.82, 2.24) is 4.90 Å². The molecule has 2 heterocycles. The zero-order chi connectivity index (χ0) is 16.1. The number of carbonyl (C=O) groups is 2. The van der Waals surface area contributed by atoms with E-state index in [0.717, 1.165) is 30.3 Å². The Hall–Kier alpha value is -2.14. The molecule has 4 nitrogen and oxygen atoms in total. The maximum Gasteiger partial charge on any atom is 0.410 e. The monoisotopic (exact) mass is 329 g/mol. The number of ether oxygens (including phenoxy) is 1. The van der Waals surface area contributed by atoms with Crippen molar-refractivity contribution in [1.29, 1.82) is 0 Å². The third-order valence-electron chi connectivity index (χ3n) is 4.14. The molecule has 1 saturated heterocycles. The third kappa shape index (κ3) is 3.99. The number of carbonyl (C=O) groups excluding carboxylic acids is 2. The van der Waals surface area contributed by atoms with Gasteiger partial charge in [0.1, 0.15) is 6.61 Å². The molecule has 0 bridgehead atoms. The minimum absolute atomic E-state index is 0.243. The normalized spacial score (nSPS) is 15.4. The van der Waals surface area contributed by atoms with Crippen molar-refractivity contribution in [3.8, 4) is 0 Å². The van der Waals surface area contributed by atoms with Gasteiger partial charge in [-0.2, -0.15) is 0 Å². The van der Waals surface area contributed by atoms with E-state index in [1.165, 1.54) is 4.88 Å². The fraction of sp³-hybridized carbons (Fsp3) is 0.333. The lowest BCUT2D eigenvalue weighted by Crippen LogP contribution is -2.38.